The Morgan fingerprint density at radius 1 is 1.35 bits per heavy atom. The number of amides is 2. The maximum Gasteiger partial charge on any atom is 0.225 e. The molecule has 2 aromatic heterocycles. The molecule has 3 heterocycles. The molecule has 26 heavy (non-hydrogen) atoms. The Balaban J connectivity index is 1.41. The van der Waals surface area contributed by atoms with E-state index in [0.29, 0.717) is 26.1 Å². The predicted octanol–water partition coefficient (Wildman–Crippen LogP) is 2.25. The number of pyridine rings is 1. The highest BCUT2D eigenvalue weighted by Crippen LogP contribution is 2.20. The molecule has 2 amide bonds. The second-order valence-electron chi connectivity index (χ2n) is 6.67. The van der Waals surface area contributed by atoms with Gasteiger partial charge in [-0.3, -0.25) is 14.6 Å². The quantitative estimate of drug-likeness (QED) is 0.757. The van der Waals surface area contributed by atoms with Crippen molar-refractivity contribution in [2.75, 3.05) is 13.1 Å². The van der Waals surface area contributed by atoms with Crippen LogP contribution in [0.2, 0.25) is 0 Å². The lowest BCUT2D eigenvalue weighted by Gasteiger charge is -2.16. The van der Waals surface area contributed by atoms with E-state index in [4.69, 9.17) is 0 Å². The number of hydrogen-bond donors (Lipinski definition) is 1. The third kappa shape index (κ3) is 4.66. The number of carbonyl (C=O) groups excluding carboxylic acids is 2. The number of aryl methyl sites for hydroxylation is 3. The number of nitrogens with zero attached hydrogens (tertiary/aromatic N) is 3. The molecule has 1 aliphatic heterocycles. The number of aromatic nitrogens is 2. The standard InChI is InChI=1S/C19H24N4O2S/c1-13-14(2)26-17(22-13)4-3-7-21-19(25)16-10-18(24)23(12-16)11-15-5-8-20-9-6-15/h5-6,8-9,16H,3-4,7,10-12H2,1-2H3,(H,21,25). The van der Waals surface area contributed by atoms with Crippen LogP contribution >= 0.6 is 11.3 Å². The summed E-state index contributed by atoms with van der Waals surface area (Å²) in [4.78, 5) is 36.0. The minimum absolute atomic E-state index is 0.0259. The number of thiazole rings is 1. The van der Waals surface area contributed by atoms with E-state index in [1.54, 1.807) is 28.6 Å². The first-order valence-corrected chi connectivity index (χ1v) is 9.72. The summed E-state index contributed by atoms with van der Waals surface area (Å²) < 4.78 is 0. The van der Waals surface area contributed by atoms with Crippen LogP contribution < -0.4 is 5.32 Å². The average Bonchev–Trinajstić information content (AvgIpc) is 3.15. The number of hydrogen-bond acceptors (Lipinski definition) is 5. The van der Waals surface area contributed by atoms with Crippen molar-refractivity contribution in [3.05, 3.63) is 45.7 Å². The van der Waals surface area contributed by atoms with Gasteiger partial charge in [0, 0.05) is 49.7 Å². The van der Waals surface area contributed by atoms with E-state index in [-0.39, 0.29) is 17.7 Å². The molecule has 1 atom stereocenters. The minimum Gasteiger partial charge on any atom is -0.356 e. The summed E-state index contributed by atoms with van der Waals surface area (Å²) in [6, 6.07) is 3.78. The van der Waals surface area contributed by atoms with Gasteiger partial charge >= 0.3 is 0 Å². The Kier molecular flexibility index (Phi) is 5.98. The zero-order chi connectivity index (χ0) is 18.5. The molecule has 2 aromatic rings. The van der Waals surface area contributed by atoms with Crippen LogP contribution in [-0.2, 0) is 22.6 Å². The van der Waals surface area contributed by atoms with Crippen molar-refractivity contribution < 1.29 is 9.59 Å². The second-order valence-corrected chi connectivity index (χ2v) is 7.96. The highest BCUT2D eigenvalue weighted by atomic mass is 32.1. The molecule has 0 radical (unpaired) electrons. The van der Waals surface area contributed by atoms with Gasteiger partial charge in [0.2, 0.25) is 11.8 Å². The molecule has 1 saturated heterocycles. The number of likely N-dealkylation sites (tertiary alicyclic amines) is 1. The first kappa shape index (κ1) is 18.5. The summed E-state index contributed by atoms with van der Waals surface area (Å²) in [7, 11) is 0. The molecule has 7 heteroatoms. The van der Waals surface area contributed by atoms with Gasteiger partial charge in [-0.15, -0.1) is 11.3 Å². The molecule has 0 saturated carbocycles. The SMILES string of the molecule is Cc1nc(CCCNC(=O)C2CC(=O)N(Cc3ccncc3)C2)sc1C. The van der Waals surface area contributed by atoms with Crippen LogP contribution in [0.5, 0.6) is 0 Å². The maximum atomic E-state index is 12.3. The van der Waals surface area contributed by atoms with Gasteiger partial charge in [0.15, 0.2) is 0 Å². The van der Waals surface area contributed by atoms with E-state index < -0.39 is 0 Å². The first-order valence-electron chi connectivity index (χ1n) is 8.90. The number of nitrogens with one attached hydrogen (secondary N) is 1. The zero-order valence-corrected chi connectivity index (χ0v) is 16.0. The summed E-state index contributed by atoms with van der Waals surface area (Å²) in [5.41, 5.74) is 2.12. The van der Waals surface area contributed by atoms with Gasteiger partial charge < -0.3 is 10.2 Å². The van der Waals surface area contributed by atoms with E-state index in [0.717, 1.165) is 29.1 Å². The summed E-state index contributed by atoms with van der Waals surface area (Å²) >= 11 is 1.72. The van der Waals surface area contributed by atoms with Crippen molar-refractivity contribution in [1.82, 2.24) is 20.2 Å². The van der Waals surface area contributed by atoms with E-state index in [2.05, 4.69) is 22.2 Å². The van der Waals surface area contributed by atoms with E-state index in [9.17, 15) is 9.59 Å². The van der Waals surface area contributed by atoms with Gasteiger partial charge in [-0.25, -0.2) is 4.98 Å². The fourth-order valence-electron chi connectivity index (χ4n) is 3.05. The van der Waals surface area contributed by atoms with Gasteiger partial charge in [-0.2, -0.15) is 0 Å². The van der Waals surface area contributed by atoms with Crippen LogP contribution in [0.25, 0.3) is 0 Å². The monoisotopic (exact) mass is 372 g/mol. The summed E-state index contributed by atoms with van der Waals surface area (Å²) in [5.74, 6) is -0.244. The molecular formula is C19H24N4O2S. The average molecular weight is 372 g/mol. The number of carbonyl (C=O) groups is 2. The fraction of sp³-hybridized carbons (Fsp3) is 0.474. The predicted molar refractivity (Wildman–Crippen MR) is 101 cm³/mol. The van der Waals surface area contributed by atoms with Crippen molar-refractivity contribution in [2.45, 2.75) is 39.7 Å². The van der Waals surface area contributed by atoms with Crippen molar-refractivity contribution in [3.63, 3.8) is 0 Å². The van der Waals surface area contributed by atoms with Gasteiger partial charge in [0.25, 0.3) is 0 Å². The van der Waals surface area contributed by atoms with Crippen LogP contribution in [-0.4, -0.2) is 39.8 Å². The van der Waals surface area contributed by atoms with E-state index in [1.165, 1.54) is 4.88 Å². The second kappa shape index (κ2) is 8.40. The zero-order valence-electron chi connectivity index (χ0n) is 15.2. The minimum atomic E-state index is -0.256. The largest absolute Gasteiger partial charge is 0.356 e. The normalized spacial score (nSPS) is 16.9. The Morgan fingerprint density at radius 3 is 2.81 bits per heavy atom. The smallest absolute Gasteiger partial charge is 0.225 e. The molecular weight excluding hydrogens is 348 g/mol. The maximum absolute atomic E-state index is 12.3. The molecule has 6 nitrogen and oxygen atoms in total. The topological polar surface area (TPSA) is 75.2 Å². The van der Waals surface area contributed by atoms with E-state index >= 15 is 0 Å². The van der Waals surface area contributed by atoms with Gasteiger partial charge in [-0.1, -0.05) is 0 Å². The Labute approximate surface area is 157 Å². The van der Waals surface area contributed by atoms with Gasteiger partial charge in [0.1, 0.15) is 0 Å². The summed E-state index contributed by atoms with van der Waals surface area (Å²) in [6.45, 7) is 5.73. The van der Waals surface area contributed by atoms with Crippen LogP contribution in [0, 0.1) is 19.8 Å². The lowest BCUT2D eigenvalue weighted by Crippen LogP contribution is -2.33. The molecule has 1 N–H and O–H groups in total. The van der Waals surface area contributed by atoms with Crippen molar-refractivity contribution in [3.8, 4) is 0 Å². The molecule has 0 aromatic carbocycles. The molecule has 138 valence electrons. The lowest BCUT2D eigenvalue weighted by atomic mass is 10.1. The number of rotatable bonds is 7. The van der Waals surface area contributed by atoms with Crippen molar-refractivity contribution in [2.24, 2.45) is 5.92 Å². The van der Waals surface area contributed by atoms with Crippen LogP contribution in [0.3, 0.4) is 0 Å². The molecule has 0 aliphatic carbocycles. The van der Waals surface area contributed by atoms with Crippen LogP contribution in [0.1, 0.15) is 34.0 Å². The Morgan fingerprint density at radius 2 is 2.12 bits per heavy atom. The molecule has 1 unspecified atom stereocenters. The fourth-order valence-corrected chi connectivity index (χ4v) is 4.03. The molecule has 1 aliphatic rings. The molecule has 0 bridgehead atoms. The lowest BCUT2D eigenvalue weighted by molar-refractivity contribution is -0.129. The highest BCUT2D eigenvalue weighted by Gasteiger charge is 2.33. The van der Waals surface area contributed by atoms with Crippen LogP contribution in [0.15, 0.2) is 24.5 Å². The Hall–Kier alpha value is -2.28. The highest BCUT2D eigenvalue weighted by molar-refractivity contribution is 7.11. The first-order chi connectivity index (χ1) is 12.5. The summed E-state index contributed by atoms with van der Waals surface area (Å²) in [6.07, 6.45) is 5.45. The molecule has 0 spiro atoms. The third-order valence-corrected chi connectivity index (χ3v) is 5.78. The van der Waals surface area contributed by atoms with Gasteiger partial charge in [-0.05, 0) is 38.0 Å². The Bertz CT molecular complexity index is 756. The summed E-state index contributed by atoms with van der Waals surface area (Å²) in [5, 5.41) is 4.09. The van der Waals surface area contributed by atoms with Crippen molar-refractivity contribution >= 4 is 23.2 Å². The van der Waals surface area contributed by atoms with Crippen LogP contribution in [0.4, 0.5) is 0 Å². The molecule has 1 fully saturated rings. The molecule has 3 rings (SSSR count). The third-order valence-electron chi connectivity index (χ3n) is 4.65. The van der Waals surface area contributed by atoms with Crippen molar-refractivity contribution in [1.29, 1.82) is 0 Å². The van der Waals surface area contributed by atoms with E-state index in [1.807, 2.05) is 19.1 Å². The van der Waals surface area contributed by atoms with Gasteiger partial charge in [0.05, 0.1) is 16.6 Å².